The Labute approximate surface area is 183 Å². The summed E-state index contributed by atoms with van der Waals surface area (Å²) in [5.74, 6) is -5.25. The van der Waals surface area contributed by atoms with E-state index < -0.39 is 66.9 Å². The molecule has 0 aliphatic heterocycles. The number of aliphatic hydroxyl groups excluding tert-OH is 1. The van der Waals surface area contributed by atoms with E-state index in [2.05, 4.69) is 20.9 Å². The molecule has 0 saturated heterocycles. The Morgan fingerprint density at radius 3 is 2.00 bits per heavy atom. The van der Waals surface area contributed by atoms with Gasteiger partial charge in [-0.2, -0.15) is 0 Å². The zero-order chi connectivity index (χ0) is 24.8. The van der Waals surface area contributed by atoms with Crippen molar-refractivity contribution in [3.05, 3.63) is 0 Å². The van der Waals surface area contributed by atoms with E-state index in [4.69, 9.17) is 32.5 Å². The molecule has 0 aromatic heterocycles. The van der Waals surface area contributed by atoms with Crippen LogP contribution in [0.5, 0.6) is 0 Å². The summed E-state index contributed by atoms with van der Waals surface area (Å²) < 4.78 is 0. The second kappa shape index (κ2) is 14.5. The average Bonchev–Trinajstić information content (AvgIpc) is 2.71. The largest absolute Gasteiger partial charge is 0.481 e. The number of aliphatic carboxylic acids is 2. The number of guanidine groups is 1. The highest BCUT2D eigenvalue weighted by molar-refractivity contribution is 5.94. The molecule has 0 bridgehead atoms. The highest BCUT2D eigenvalue weighted by Gasteiger charge is 2.28. The number of hydrogen-bond donors (Lipinski definition) is 9. The third kappa shape index (κ3) is 11.7. The van der Waals surface area contributed by atoms with Crippen molar-refractivity contribution in [3.63, 3.8) is 0 Å². The van der Waals surface area contributed by atoms with Crippen LogP contribution in [0.4, 0.5) is 0 Å². The Hall–Kier alpha value is -3.46. The summed E-state index contributed by atoms with van der Waals surface area (Å²) in [5.41, 5.74) is 15.9. The summed E-state index contributed by atoms with van der Waals surface area (Å²) in [4.78, 5) is 62.4. The van der Waals surface area contributed by atoms with Crippen molar-refractivity contribution in [2.45, 2.75) is 56.8 Å². The summed E-state index contributed by atoms with van der Waals surface area (Å²) in [6.07, 6.45) is -0.481. The van der Waals surface area contributed by atoms with Gasteiger partial charge in [0, 0.05) is 13.0 Å². The minimum Gasteiger partial charge on any atom is -0.481 e. The molecule has 0 radical (unpaired) electrons. The van der Waals surface area contributed by atoms with E-state index in [-0.39, 0.29) is 31.8 Å². The first kappa shape index (κ1) is 28.5. The van der Waals surface area contributed by atoms with Crippen LogP contribution in [-0.4, -0.2) is 88.3 Å². The van der Waals surface area contributed by atoms with E-state index >= 15 is 0 Å². The van der Waals surface area contributed by atoms with Crippen LogP contribution in [-0.2, 0) is 24.0 Å². The van der Waals surface area contributed by atoms with Crippen molar-refractivity contribution in [1.82, 2.24) is 16.0 Å². The number of amides is 3. The third-order valence-corrected chi connectivity index (χ3v) is 4.13. The predicted molar refractivity (Wildman–Crippen MR) is 111 cm³/mol. The first-order chi connectivity index (χ1) is 14.9. The Bertz CT molecular complexity index is 711. The number of hydrogen-bond acceptors (Lipinski definition) is 8. The predicted octanol–water partition coefficient (Wildman–Crippen LogP) is -4.22. The van der Waals surface area contributed by atoms with Gasteiger partial charge in [0.25, 0.3) is 0 Å². The first-order valence-corrected chi connectivity index (χ1v) is 9.66. The maximum Gasteiger partial charge on any atom is 0.326 e. The molecule has 0 aliphatic carbocycles. The SMILES string of the molecule is CC(NC(=O)C(CCCN=C(N)N)NC(=O)C(N)CO)C(=O)NC(CCC(=O)O)C(=O)O. The molecule has 3 amide bonds. The quantitative estimate of drug-likeness (QED) is 0.0640. The highest BCUT2D eigenvalue weighted by atomic mass is 16.4. The molecule has 0 aromatic rings. The number of carbonyl (C=O) groups is 5. The Balaban J connectivity index is 5.09. The van der Waals surface area contributed by atoms with Crippen molar-refractivity contribution >= 4 is 35.6 Å². The zero-order valence-electron chi connectivity index (χ0n) is 17.6. The Morgan fingerprint density at radius 2 is 1.50 bits per heavy atom. The molecule has 4 unspecified atom stereocenters. The van der Waals surface area contributed by atoms with Gasteiger partial charge < -0.3 is 48.5 Å². The molecule has 0 aromatic carbocycles. The number of aliphatic imine (C=N–C) groups is 1. The average molecular weight is 461 g/mol. The minimum absolute atomic E-state index is 0.0667. The van der Waals surface area contributed by atoms with Crippen LogP contribution in [0.15, 0.2) is 4.99 Å². The van der Waals surface area contributed by atoms with Gasteiger partial charge in [-0.05, 0) is 26.2 Å². The highest BCUT2D eigenvalue weighted by Crippen LogP contribution is 2.02. The van der Waals surface area contributed by atoms with Gasteiger partial charge in [-0.1, -0.05) is 0 Å². The number of carboxylic acids is 2. The molecule has 15 nitrogen and oxygen atoms in total. The van der Waals surface area contributed by atoms with Gasteiger partial charge in [0.15, 0.2) is 5.96 Å². The summed E-state index contributed by atoms with van der Waals surface area (Å²) in [6, 6.07) is -5.09. The molecule has 182 valence electrons. The normalized spacial score (nSPS) is 14.2. The maximum atomic E-state index is 12.6. The molecule has 12 N–H and O–H groups in total. The van der Waals surface area contributed by atoms with Crippen molar-refractivity contribution < 1.29 is 39.3 Å². The number of aliphatic hydroxyl groups is 1. The standard InChI is InChI=1S/C17H31N7O8/c1-8(13(28)24-11(16(31)32)4-5-12(26)27)22-15(30)10(3-2-6-21-17(19)20)23-14(29)9(18)7-25/h8-11,25H,2-7,18H2,1H3,(H,22,30)(H,23,29)(H,24,28)(H,26,27)(H,31,32)(H4,19,20,21). The van der Waals surface area contributed by atoms with E-state index in [9.17, 15) is 24.0 Å². The molecule has 0 saturated carbocycles. The zero-order valence-corrected chi connectivity index (χ0v) is 17.6. The molecule has 0 spiro atoms. The van der Waals surface area contributed by atoms with Crippen molar-refractivity contribution in [2.24, 2.45) is 22.2 Å². The summed E-state index contributed by atoms with van der Waals surface area (Å²) in [6.45, 7) is 0.787. The van der Waals surface area contributed by atoms with Crippen molar-refractivity contribution in [1.29, 1.82) is 0 Å². The summed E-state index contributed by atoms with van der Waals surface area (Å²) in [7, 11) is 0. The van der Waals surface area contributed by atoms with Crippen LogP contribution < -0.4 is 33.2 Å². The lowest BCUT2D eigenvalue weighted by atomic mass is 10.1. The fraction of sp³-hybridized carbons (Fsp3) is 0.647. The van der Waals surface area contributed by atoms with E-state index in [1.165, 1.54) is 6.92 Å². The lowest BCUT2D eigenvalue weighted by Gasteiger charge is -2.23. The van der Waals surface area contributed by atoms with Crippen LogP contribution in [0.3, 0.4) is 0 Å². The number of carboxylic acid groups (broad SMARTS) is 2. The van der Waals surface area contributed by atoms with Gasteiger partial charge in [-0.25, -0.2) is 4.79 Å². The first-order valence-electron chi connectivity index (χ1n) is 9.66. The number of nitrogens with two attached hydrogens (primary N) is 3. The van der Waals surface area contributed by atoms with E-state index in [1.54, 1.807) is 0 Å². The Kier molecular flexibility index (Phi) is 13.0. The fourth-order valence-electron chi connectivity index (χ4n) is 2.34. The van der Waals surface area contributed by atoms with Gasteiger partial charge >= 0.3 is 11.9 Å². The topological polar surface area (TPSA) is 273 Å². The van der Waals surface area contributed by atoms with Crippen molar-refractivity contribution in [2.75, 3.05) is 13.2 Å². The van der Waals surface area contributed by atoms with Crippen LogP contribution in [0.2, 0.25) is 0 Å². The number of nitrogens with one attached hydrogen (secondary N) is 3. The lowest BCUT2D eigenvalue weighted by Crippen LogP contribution is -2.56. The Morgan fingerprint density at radius 1 is 0.906 bits per heavy atom. The molecule has 15 heteroatoms. The van der Waals surface area contributed by atoms with Gasteiger partial charge in [-0.15, -0.1) is 0 Å². The molecule has 4 atom stereocenters. The van der Waals surface area contributed by atoms with Gasteiger partial charge in [0.1, 0.15) is 24.2 Å². The molecule has 0 rings (SSSR count). The van der Waals surface area contributed by atoms with Crippen LogP contribution in [0, 0.1) is 0 Å². The van der Waals surface area contributed by atoms with Crippen LogP contribution >= 0.6 is 0 Å². The monoisotopic (exact) mass is 461 g/mol. The van der Waals surface area contributed by atoms with Gasteiger partial charge in [0.05, 0.1) is 6.61 Å². The number of nitrogens with zero attached hydrogens (tertiary/aromatic N) is 1. The van der Waals surface area contributed by atoms with Gasteiger partial charge in [-0.3, -0.25) is 24.2 Å². The summed E-state index contributed by atoms with van der Waals surface area (Å²) in [5, 5.41) is 33.6. The molecule has 0 fully saturated rings. The molecular weight excluding hydrogens is 430 g/mol. The lowest BCUT2D eigenvalue weighted by molar-refractivity contribution is -0.143. The summed E-state index contributed by atoms with van der Waals surface area (Å²) >= 11 is 0. The smallest absolute Gasteiger partial charge is 0.326 e. The molecule has 32 heavy (non-hydrogen) atoms. The second-order valence-corrected chi connectivity index (χ2v) is 6.86. The van der Waals surface area contributed by atoms with Crippen LogP contribution in [0.1, 0.15) is 32.6 Å². The minimum atomic E-state index is -1.46. The molecule has 0 aliphatic rings. The molecule has 0 heterocycles. The second-order valence-electron chi connectivity index (χ2n) is 6.86. The van der Waals surface area contributed by atoms with Gasteiger partial charge in [0.2, 0.25) is 17.7 Å². The maximum absolute atomic E-state index is 12.6. The van der Waals surface area contributed by atoms with E-state index in [0.717, 1.165) is 0 Å². The number of rotatable bonds is 15. The number of carbonyl (C=O) groups excluding carboxylic acids is 3. The fourth-order valence-corrected chi connectivity index (χ4v) is 2.34. The third-order valence-electron chi connectivity index (χ3n) is 4.13. The van der Waals surface area contributed by atoms with Crippen molar-refractivity contribution in [3.8, 4) is 0 Å². The van der Waals surface area contributed by atoms with E-state index in [1.807, 2.05) is 0 Å². The van der Waals surface area contributed by atoms with Crippen LogP contribution in [0.25, 0.3) is 0 Å². The molecular formula is C17H31N7O8. The van der Waals surface area contributed by atoms with E-state index in [0.29, 0.717) is 0 Å².